The molecule has 0 aliphatic carbocycles. The molecule has 0 unspecified atom stereocenters. The van der Waals surface area contributed by atoms with Crippen LogP contribution in [0.25, 0.3) is 0 Å². The summed E-state index contributed by atoms with van der Waals surface area (Å²) in [5.41, 5.74) is 2.11. The lowest BCUT2D eigenvalue weighted by Gasteiger charge is -2.04. The summed E-state index contributed by atoms with van der Waals surface area (Å²) in [7, 11) is 0. The largest absolute Gasteiger partial charge is 0.381 e. The summed E-state index contributed by atoms with van der Waals surface area (Å²) in [6, 6.07) is 10.2. The molecule has 14 heavy (non-hydrogen) atoms. The van der Waals surface area contributed by atoms with Gasteiger partial charge in [0.1, 0.15) is 0 Å². The van der Waals surface area contributed by atoms with Crippen molar-refractivity contribution < 1.29 is 0 Å². The zero-order valence-electron chi connectivity index (χ0n) is 8.29. The zero-order chi connectivity index (χ0) is 10.8. The molecular formula is C12H16N2. The van der Waals surface area contributed by atoms with E-state index >= 15 is 0 Å². The van der Waals surface area contributed by atoms with Gasteiger partial charge in [-0.25, -0.2) is 0 Å². The fourth-order valence-electron chi connectivity index (χ4n) is 0.884. The van der Waals surface area contributed by atoms with Crippen LogP contribution in [0.2, 0.25) is 0 Å². The van der Waals surface area contributed by atoms with Gasteiger partial charge < -0.3 is 10.7 Å². The number of hydrogen-bond donors (Lipinski definition) is 2. The first-order chi connectivity index (χ1) is 6.83. The van der Waals surface area contributed by atoms with Gasteiger partial charge in [0.2, 0.25) is 0 Å². The molecule has 0 atom stereocenters. The van der Waals surface area contributed by atoms with E-state index in [0.717, 1.165) is 12.2 Å². The first kappa shape index (κ1) is 12.2. The molecule has 0 spiro atoms. The van der Waals surface area contributed by atoms with Crippen LogP contribution in [-0.2, 0) is 6.54 Å². The van der Waals surface area contributed by atoms with Gasteiger partial charge in [-0.2, -0.15) is 0 Å². The van der Waals surface area contributed by atoms with Crippen LogP contribution < -0.4 is 5.32 Å². The van der Waals surface area contributed by atoms with Gasteiger partial charge in [-0.15, -0.1) is 0 Å². The Morgan fingerprint density at radius 3 is 2.36 bits per heavy atom. The maximum atomic E-state index is 5.50. The molecule has 0 saturated heterocycles. The molecule has 0 aromatic heterocycles. The zero-order valence-corrected chi connectivity index (χ0v) is 8.29. The van der Waals surface area contributed by atoms with Crippen molar-refractivity contribution in [1.29, 1.82) is 5.41 Å². The van der Waals surface area contributed by atoms with E-state index in [1.54, 1.807) is 6.08 Å². The van der Waals surface area contributed by atoms with Crippen LogP contribution in [0.3, 0.4) is 0 Å². The molecule has 0 radical (unpaired) electrons. The normalized spacial score (nSPS) is 8.00. The summed E-state index contributed by atoms with van der Waals surface area (Å²) >= 11 is 0. The van der Waals surface area contributed by atoms with Gasteiger partial charge >= 0.3 is 0 Å². The van der Waals surface area contributed by atoms with Crippen molar-refractivity contribution in [2.45, 2.75) is 6.54 Å². The van der Waals surface area contributed by atoms with Crippen LogP contribution in [0.1, 0.15) is 5.56 Å². The Hall–Kier alpha value is -1.83. The lowest BCUT2D eigenvalue weighted by molar-refractivity contribution is 0.837. The smallest absolute Gasteiger partial charge is 0.0400 e. The number of benzene rings is 1. The van der Waals surface area contributed by atoms with Gasteiger partial charge in [0, 0.05) is 12.2 Å². The predicted molar refractivity (Wildman–Crippen MR) is 62.5 cm³/mol. The summed E-state index contributed by atoms with van der Waals surface area (Å²) in [5.74, 6) is 0. The third-order valence-corrected chi connectivity index (χ3v) is 1.61. The van der Waals surface area contributed by atoms with Crippen molar-refractivity contribution in [2.24, 2.45) is 0 Å². The summed E-state index contributed by atoms with van der Waals surface area (Å²) in [5, 5.41) is 8.64. The van der Waals surface area contributed by atoms with Crippen molar-refractivity contribution in [3.8, 4) is 0 Å². The number of allylic oxidation sites excluding steroid dienone is 1. The number of nitrogens with one attached hydrogen (secondary N) is 2. The number of hydrogen-bond acceptors (Lipinski definition) is 2. The lowest BCUT2D eigenvalue weighted by Crippen LogP contribution is -2.09. The maximum absolute atomic E-state index is 5.50. The van der Waals surface area contributed by atoms with Crippen molar-refractivity contribution >= 4 is 6.72 Å². The molecule has 2 nitrogen and oxygen atoms in total. The van der Waals surface area contributed by atoms with Gasteiger partial charge in [-0.05, 0) is 18.4 Å². The standard InChI is InChI=1S/C11H13N.CH3N/c1-3-10(2)12-9-11-7-5-4-6-8-11;1-2/h3-8,12H,1-2,9H2;2H,1H2. The van der Waals surface area contributed by atoms with Gasteiger partial charge in [0.05, 0.1) is 0 Å². The highest BCUT2D eigenvalue weighted by Crippen LogP contribution is 1.98. The minimum absolute atomic E-state index is 0.811. The molecule has 0 aliphatic heterocycles. The molecule has 0 aliphatic rings. The average molecular weight is 188 g/mol. The van der Waals surface area contributed by atoms with Crippen molar-refractivity contribution in [2.75, 3.05) is 0 Å². The lowest BCUT2D eigenvalue weighted by atomic mass is 10.2. The second-order valence-electron chi connectivity index (χ2n) is 2.57. The molecule has 74 valence electrons. The molecule has 0 bridgehead atoms. The highest BCUT2D eigenvalue weighted by Gasteiger charge is 1.89. The van der Waals surface area contributed by atoms with Crippen LogP contribution >= 0.6 is 0 Å². The van der Waals surface area contributed by atoms with Crippen LogP contribution in [0.4, 0.5) is 0 Å². The first-order valence-electron chi connectivity index (χ1n) is 4.27. The summed E-state index contributed by atoms with van der Waals surface area (Å²) in [6.07, 6.45) is 1.71. The van der Waals surface area contributed by atoms with E-state index in [2.05, 4.69) is 37.3 Å². The summed E-state index contributed by atoms with van der Waals surface area (Å²) in [6.45, 7) is 10.7. The van der Waals surface area contributed by atoms with Crippen molar-refractivity contribution in [3.05, 3.63) is 60.8 Å². The fourth-order valence-corrected chi connectivity index (χ4v) is 0.884. The van der Waals surface area contributed by atoms with Gasteiger partial charge in [0.15, 0.2) is 0 Å². The Bertz CT molecular complexity index is 278. The number of rotatable bonds is 4. The van der Waals surface area contributed by atoms with E-state index in [1.807, 2.05) is 18.2 Å². The second-order valence-corrected chi connectivity index (χ2v) is 2.57. The van der Waals surface area contributed by atoms with Crippen LogP contribution in [0.15, 0.2) is 55.3 Å². The maximum Gasteiger partial charge on any atom is 0.0400 e. The van der Waals surface area contributed by atoms with E-state index in [0.29, 0.717) is 0 Å². The highest BCUT2D eigenvalue weighted by molar-refractivity contribution is 5.17. The molecular weight excluding hydrogens is 172 g/mol. The van der Waals surface area contributed by atoms with Crippen molar-refractivity contribution in [1.82, 2.24) is 5.32 Å². The van der Waals surface area contributed by atoms with Crippen LogP contribution in [0.5, 0.6) is 0 Å². The van der Waals surface area contributed by atoms with Gasteiger partial charge in [-0.3, -0.25) is 0 Å². The van der Waals surface area contributed by atoms with E-state index in [1.165, 1.54) is 5.56 Å². The Morgan fingerprint density at radius 2 is 1.86 bits per heavy atom. The quantitative estimate of drug-likeness (QED) is 0.553. The van der Waals surface area contributed by atoms with E-state index in [4.69, 9.17) is 5.41 Å². The van der Waals surface area contributed by atoms with Crippen LogP contribution in [0, 0.1) is 5.41 Å². The fraction of sp³-hybridized carbons (Fsp3) is 0.0833. The summed E-state index contributed by atoms with van der Waals surface area (Å²) < 4.78 is 0. The topological polar surface area (TPSA) is 35.9 Å². The molecule has 2 heteroatoms. The molecule has 1 aromatic carbocycles. The minimum Gasteiger partial charge on any atom is -0.381 e. The highest BCUT2D eigenvalue weighted by atomic mass is 14.9. The summed E-state index contributed by atoms with van der Waals surface area (Å²) in [4.78, 5) is 0. The second kappa shape index (κ2) is 7.80. The molecule has 2 N–H and O–H groups in total. The average Bonchev–Trinajstić information content (AvgIpc) is 2.30. The molecule has 0 heterocycles. The first-order valence-corrected chi connectivity index (χ1v) is 4.27. The SMILES string of the molecule is C=CC(=C)NCc1ccccc1.C=N. The van der Waals surface area contributed by atoms with E-state index < -0.39 is 0 Å². The Labute approximate surface area is 85.5 Å². The van der Waals surface area contributed by atoms with Crippen LogP contribution in [-0.4, -0.2) is 6.72 Å². The van der Waals surface area contributed by atoms with Gasteiger partial charge in [0.25, 0.3) is 0 Å². The molecule has 0 saturated carbocycles. The molecule has 1 rings (SSSR count). The van der Waals surface area contributed by atoms with Gasteiger partial charge in [-0.1, -0.05) is 43.5 Å². The van der Waals surface area contributed by atoms with E-state index in [9.17, 15) is 0 Å². The predicted octanol–water partition coefficient (Wildman–Crippen LogP) is 2.74. The Morgan fingerprint density at radius 1 is 1.29 bits per heavy atom. The van der Waals surface area contributed by atoms with Crippen molar-refractivity contribution in [3.63, 3.8) is 0 Å². The van der Waals surface area contributed by atoms with E-state index in [-0.39, 0.29) is 0 Å². The Balaban J connectivity index is 0.000000791. The third kappa shape index (κ3) is 4.93. The monoisotopic (exact) mass is 188 g/mol. The minimum atomic E-state index is 0.811. The molecule has 1 aromatic rings. The Kier molecular flexibility index (Phi) is 6.78. The third-order valence-electron chi connectivity index (χ3n) is 1.61. The molecule has 0 fully saturated rings. The molecule has 0 amide bonds.